The molecular formula is C20H15BrClF2NO. The van der Waals surface area contributed by atoms with Crippen molar-refractivity contribution in [2.45, 2.75) is 13.2 Å². The lowest BCUT2D eigenvalue weighted by atomic mass is 10.2. The highest BCUT2D eigenvalue weighted by molar-refractivity contribution is 9.10. The predicted octanol–water partition coefficient (Wildman–Crippen LogP) is 6.57. The number of hydrogen-bond acceptors (Lipinski definition) is 2. The maximum Gasteiger partial charge on any atom is 0.141 e. The van der Waals surface area contributed by atoms with Gasteiger partial charge in [-0.3, -0.25) is 0 Å². The van der Waals surface area contributed by atoms with Crippen molar-refractivity contribution in [3.05, 3.63) is 92.9 Å². The molecule has 0 spiro atoms. The summed E-state index contributed by atoms with van der Waals surface area (Å²) in [5, 5.41) is 3.27. The smallest absolute Gasteiger partial charge is 0.141 e. The van der Waals surface area contributed by atoms with Gasteiger partial charge in [-0.15, -0.1) is 0 Å². The standard InChI is InChI=1S/C20H15BrClF2NO/c21-17-9-13(11-25-16-5-6-19(24)18(22)10-16)4-7-20(17)26-12-14-2-1-3-15(23)8-14/h1-10,25H,11-12H2. The Bertz CT molecular complexity index is 920. The third kappa shape index (κ3) is 4.96. The van der Waals surface area contributed by atoms with Crippen molar-refractivity contribution in [3.63, 3.8) is 0 Å². The highest BCUT2D eigenvalue weighted by Gasteiger charge is 2.05. The number of anilines is 1. The molecule has 0 aliphatic heterocycles. The topological polar surface area (TPSA) is 21.3 Å². The van der Waals surface area contributed by atoms with Gasteiger partial charge in [0, 0.05) is 12.2 Å². The molecule has 134 valence electrons. The molecule has 0 amide bonds. The Morgan fingerprint density at radius 1 is 0.962 bits per heavy atom. The Kier molecular flexibility index (Phi) is 6.12. The summed E-state index contributed by atoms with van der Waals surface area (Å²) < 4.78 is 32.9. The van der Waals surface area contributed by atoms with E-state index in [1.807, 2.05) is 24.3 Å². The summed E-state index contributed by atoms with van der Waals surface area (Å²) in [5.74, 6) is -0.0601. The number of hydrogen-bond donors (Lipinski definition) is 1. The molecule has 0 atom stereocenters. The maximum absolute atomic E-state index is 13.2. The lowest BCUT2D eigenvalue weighted by Crippen LogP contribution is -2.01. The Labute approximate surface area is 163 Å². The molecule has 0 saturated carbocycles. The fraction of sp³-hybridized carbons (Fsp3) is 0.100. The summed E-state index contributed by atoms with van der Waals surface area (Å²) in [6, 6.07) is 16.5. The summed E-state index contributed by atoms with van der Waals surface area (Å²) in [4.78, 5) is 0. The largest absolute Gasteiger partial charge is 0.488 e. The van der Waals surface area contributed by atoms with Crippen LogP contribution in [0.15, 0.2) is 65.1 Å². The monoisotopic (exact) mass is 437 g/mol. The van der Waals surface area contributed by atoms with Crippen molar-refractivity contribution in [2.24, 2.45) is 0 Å². The Morgan fingerprint density at radius 2 is 1.81 bits per heavy atom. The number of nitrogens with one attached hydrogen (secondary N) is 1. The number of benzene rings is 3. The first-order chi connectivity index (χ1) is 12.5. The van der Waals surface area contributed by atoms with Crippen molar-refractivity contribution in [1.82, 2.24) is 0 Å². The minimum absolute atomic E-state index is 0.0808. The van der Waals surface area contributed by atoms with E-state index in [0.717, 1.165) is 21.3 Å². The quantitative estimate of drug-likeness (QED) is 0.470. The normalized spacial score (nSPS) is 10.6. The Morgan fingerprint density at radius 3 is 2.54 bits per heavy atom. The number of ether oxygens (including phenoxy) is 1. The minimum atomic E-state index is -0.445. The van der Waals surface area contributed by atoms with Crippen LogP contribution in [-0.2, 0) is 13.2 Å². The molecule has 0 aliphatic rings. The zero-order valence-corrected chi connectivity index (χ0v) is 15.9. The molecule has 2 nitrogen and oxygen atoms in total. The second-order valence-electron chi connectivity index (χ2n) is 5.67. The molecule has 0 aromatic heterocycles. The van der Waals surface area contributed by atoms with Crippen LogP contribution in [0.25, 0.3) is 0 Å². The molecule has 0 fully saturated rings. The molecule has 0 radical (unpaired) electrons. The number of rotatable bonds is 6. The van der Waals surface area contributed by atoms with Crippen LogP contribution in [0, 0.1) is 11.6 Å². The van der Waals surface area contributed by atoms with E-state index in [1.165, 1.54) is 18.2 Å². The Balaban J connectivity index is 1.60. The van der Waals surface area contributed by atoms with Gasteiger partial charge < -0.3 is 10.1 Å². The van der Waals surface area contributed by atoms with Crippen molar-refractivity contribution in [1.29, 1.82) is 0 Å². The van der Waals surface area contributed by atoms with Crippen molar-refractivity contribution in [2.75, 3.05) is 5.32 Å². The predicted molar refractivity (Wildman–Crippen MR) is 104 cm³/mol. The molecule has 3 aromatic rings. The van der Waals surface area contributed by atoms with Gasteiger partial charge in [-0.2, -0.15) is 0 Å². The summed E-state index contributed by atoms with van der Waals surface area (Å²) >= 11 is 9.26. The molecule has 0 bridgehead atoms. The highest BCUT2D eigenvalue weighted by Crippen LogP contribution is 2.27. The highest BCUT2D eigenvalue weighted by atomic mass is 79.9. The fourth-order valence-electron chi connectivity index (χ4n) is 2.37. The first kappa shape index (κ1) is 18.7. The van der Waals surface area contributed by atoms with E-state index in [1.54, 1.807) is 18.2 Å². The van der Waals surface area contributed by atoms with Gasteiger partial charge in [0.15, 0.2) is 0 Å². The minimum Gasteiger partial charge on any atom is -0.488 e. The van der Waals surface area contributed by atoms with Crippen LogP contribution in [-0.4, -0.2) is 0 Å². The number of halogens is 4. The van der Waals surface area contributed by atoms with Gasteiger partial charge in [-0.1, -0.05) is 29.8 Å². The van der Waals surface area contributed by atoms with E-state index in [2.05, 4.69) is 21.2 Å². The van der Waals surface area contributed by atoms with Gasteiger partial charge >= 0.3 is 0 Å². The zero-order valence-electron chi connectivity index (χ0n) is 13.6. The van der Waals surface area contributed by atoms with Crippen LogP contribution in [0.2, 0.25) is 5.02 Å². The zero-order chi connectivity index (χ0) is 18.5. The van der Waals surface area contributed by atoms with Gasteiger partial charge in [0.05, 0.1) is 9.50 Å². The van der Waals surface area contributed by atoms with Crippen LogP contribution >= 0.6 is 27.5 Å². The first-order valence-electron chi connectivity index (χ1n) is 7.86. The molecule has 1 N–H and O–H groups in total. The van der Waals surface area contributed by atoms with Crippen LogP contribution in [0.4, 0.5) is 14.5 Å². The van der Waals surface area contributed by atoms with Gasteiger partial charge in [-0.05, 0) is 69.5 Å². The molecule has 3 aromatic carbocycles. The van der Waals surface area contributed by atoms with Gasteiger partial charge in [0.1, 0.15) is 24.0 Å². The third-order valence-electron chi connectivity index (χ3n) is 3.70. The van der Waals surface area contributed by atoms with Crippen LogP contribution in [0.1, 0.15) is 11.1 Å². The van der Waals surface area contributed by atoms with Crippen molar-refractivity contribution >= 4 is 33.2 Å². The van der Waals surface area contributed by atoms with Gasteiger partial charge in [0.25, 0.3) is 0 Å². The summed E-state index contributed by atoms with van der Waals surface area (Å²) in [7, 11) is 0. The molecular weight excluding hydrogens is 424 g/mol. The maximum atomic E-state index is 13.2. The summed E-state index contributed by atoms with van der Waals surface area (Å²) in [5.41, 5.74) is 2.50. The SMILES string of the molecule is Fc1cccc(COc2ccc(CNc3ccc(F)c(Cl)c3)cc2Br)c1. The van der Waals surface area contributed by atoms with E-state index < -0.39 is 5.82 Å². The van der Waals surface area contributed by atoms with Crippen molar-refractivity contribution in [3.8, 4) is 5.75 Å². The first-order valence-corrected chi connectivity index (χ1v) is 9.03. The molecule has 26 heavy (non-hydrogen) atoms. The molecule has 6 heteroatoms. The van der Waals surface area contributed by atoms with E-state index in [4.69, 9.17) is 16.3 Å². The Hall–Kier alpha value is -2.11. The van der Waals surface area contributed by atoms with Crippen molar-refractivity contribution < 1.29 is 13.5 Å². The molecule has 0 heterocycles. The summed E-state index contributed by atoms with van der Waals surface area (Å²) in [6.07, 6.45) is 0. The van der Waals surface area contributed by atoms with E-state index >= 15 is 0 Å². The van der Waals surface area contributed by atoms with Crippen LogP contribution < -0.4 is 10.1 Å². The summed E-state index contributed by atoms with van der Waals surface area (Å²) in [6.45, 7) is 0.826. The van der Waals surface area contributed by atoms with Gasteiger partial charge in [0.2, 0.25) is 0 Å². The average Bonchev–Trinajstić information content (AvgIpc) is 2.62. The van der Waals surface area contributed by atoms with Gasteiger partial charge in [-0.25, -0.2) is 8.78 Å². The lowest BCUT2D eigenvalue weighted by Gasteiger charge is -2.11. The molecule has 0 unspecified atom stereocenters. The van der Waals surface area contributed by atoms with Crippen LogP contribution in [0.5, 0.6) is 5.75 Å². The second kappa shape index (κ2) is 8.52. The third-order valence-corrected chi connectivity index (χ3v) is 4.61. The van der Waals surface area contributed by atoms with E-state index in [0.29, 0.717) is 12.3 Å². The van der Waals surface area contributed by atoms with Crippen LogP contribution in [0.3, 0.4) is 0 Å². The molecule has 0 aliphatic carbocycles. The van der Waals surface area contributed by atoms with E-state index in [-0.39, 0.29) is 17.4 Å². The fourth-order valence-corrected chi connectivity index (χ4v) is 3.09. The molecule has 0 saturated heterocycles. The average molecular weight is 439 g/mol. The van der Waals surface area contributed by atoms with E-state index in [9.17, 15) is 8.78 Å². The lowest BCUT2D eigenvalue weighted by molar-refractivity contribution is 0.303. The second-order valence-corrected chi connectivity index (χ2v) is 6.93. The molecule has 3 rings (SSSR count).